The van der Waals surface area contributed by atoms with Crippen molar-refractivity contribution in [3.8, 4) is 0 Å². The van der Waals surface area contributed by atoms with Gasteiger partial charge in [-0.3, -0.25) is 9.48 Å². The molecule has 0 spiro atoms. The molecule has 1 aliphatic rings. The Morgan fingerprint density at radius 3 is 2.87 bits per heavy atom. The Morgan fingerprint density at radius 1 is 1.48 bits per heavy atom. The molecule has 7 nitrogen and oxygen atoms in total. The highest BCUT2D eigenvalue weighted by Gasteiger charge is 2.30. The van der Waals surface area contributed by atoms with Gasteiger partial charge in [0.15, 0.2) is 0 Å². The van der Waals surface area contributed by atoms with Crippen LogP contribution in [0.4, 0.5) is 0 Å². The number of carbonyl (C=O) groups is 1. The van der Waals surface area contributed by atoms with Gasteiger partial charge < -0.3 is 14.6 Å². The fourth-order valence-corrected chi connectivity index (χ4v) is 3.00. The predicted molar refractivity (Wildman–Crippen MR) is 84.9 cm³/mol. The van der Waals surface area contributed by atoms with E-state index in [1.54, 1.807) is 23.3 Å². The maximum atomic E-state index is 12.6. The summed E-state index contributed by atoms with van der Waals surface area (Å²) in [5, 5.41) is 7.32. The molecule has 0 radical (unpaired) electrons. The number of imidazole rings is 1. The maximum absolute atomic E-state index is 12.6. The van der Waals surface area contributed by atoms with Gasteiger partial charge in [-0.15, -0.1) is 0 Å². The van der Waals surface area contributed by atoms with Crippen molar-refractivity contribution in [2.45, 2.75) is 32.4 Å². The fraction of sp³-hybridized carbons (Fsp3) is 0.562. The first kappa shape index (κ1) is 15.7. The zero-order valence-corrected chi connectivity index (χ0v) is 13.6. The summed E-state index contributed by atoms with van der Waals surface area (Å²) in [6.07, 6.45) is 8.90. The van der Waals surface area contributed by atoms with E-state index >= 15 is 0 Å². The number of hydrogen-bond donors (Lipinski definition) is 1. The molecule has 1 amide bonds. The molecule has 2 aromatic heterocycles. The third-order valence-electron chi connectivity index (χ3n) is 4.38. The van der Waals surface area contributed by atoms with Crippen LogP contribution in [0.25, 0.3) is 0 Å². The van der Waals surface area contributed by atoms with Crippen molar-refractivity contribution >= 4 is 5.91 Å². The molecule has 124 valence electrons. The van der Waals surface area contributed by atoms with Gasteiger partial charge in [0, 0.05) is 45.4 Å². The maximum Gasteiger partial charge on any atom is 0.255 e. The highest BCUT2D eigenvalue weighted by Crippen LogP contribution is 2.29. The second-order valence-corrected chi connectivity index (χ2v) is 5.88. The highest BCUT2D eigenvalue weighted by molar-refractivity contribution is 5.93. The molecule has 2 aromatic rings. The van der Waals surface area contributed by atoms with Crippen LogP contribution in [-0.4, -0.2) is 38.5 Å². The number of rotatable bonds is 5. The second kappa shape index (κ2) is 6.95. The Morgan fingerprint density at radius 2 is 2.26 bits per heavy atom. The Kier molecular flexibility index (Phi) is 4.76. The van der Waals surface area contributed by atoms with Gasteiger partial charge in [0.25, 0.3) is 5.91 Å². The standard InChI is InChI=1S/C16H23N5O2/c1-3-21-11-13(10-18-21)16(22)19-14(12-4-8-23-9-5-12)15-17-6-7-20(15)2/h6-7,10-12,14H,3-5,8-9H2,1-2H3,(H,19,22). The zero-order valence-electron chi connectivity index (χ0n) is 13.6. The topological polar surface area (TPSA) is 74.0 Å². The average Bonchev–Trinajstić information content (AvgIpc) is 3.22. The average molecular weight is 317 g/mol. The van der Waals surface area contributed by atoms with Crippen LogP contribution in [0.15, 0.2) is 24.8 Å². The molecular weight excluding hydrogens is 294 g/mol. The summed E-state index contributed by atoms with van der Waals surface area (Å²) in [5.74, 6) is 1.10. The van der Waals surface area contributed by atoms with Crippen molar-refractivity contribution < 1.29 is 9.53 Å². The third kappa shape index (κ3) is 3.44. The third-order valence-corrected chi connectivity index (χ3v) is 4.38. The van der Waals surface area contributed by atoms with Crippen LogP contribution in [0, 0.1) is 5.92 Å². The van der Waals surface area contributed by atoms with Crippen molar-refractivity contribution in [1.29, 1.82) is 0 Å². The van der Waals surface area contributed by atoms with Crippen molar-refractivity contribution in [2.24, 2.45) is 13.0 Å². The highest BCUT2D eigenvalue weighted by atomic mass is 16.5. The number of carbonyl (C=O) groups excluding carboxylic acids is 1. The van der Waals surface area contributed by atoms with Crippen LogP contribution in [0.5, 0.6) is 0 Å². The Labute approximate surface area is 135 Å². The molecular formula is C16H23N5O2. The molecule has 1 N–H and O–H groups in total. The monoisotopic (exact) mass is 317 g/mol. The number of nitrogens with zero attached hydrogens (tertiary/aromatic N) is 4. The summed E-state index contributed by atoms with van der Waals surface area (Å²) in [6.45, 7) is 4.20. The fourth-order valence-electron chi connectivity index (χ4n) is 3.00. The van der Waals surface area contributed by atoms with Gasteiger partial charge in [0.1, 0.15) is 5.82 Å². The van der Waals surface area contributed by atoms with Gasteiger partial charge in [0.2, 0.25) is 0 Å². The SMILES string of the molecule is CCn1cc(C(=O)NC(c2nccn2C)C2CCOCC2)cn1. The zero-order chi connectivity index (χ0) is 16.2. The van der Waals surface area contributed by atoms with E-state index in [4.69, 9.17) is 4.74 Å². The minimum absolute atomic E-state index is 0.107. The first-order valence-corrected chi connectivity index (χ1v) is 8.07. The molecule has 23 heavy (non-hydrogen) atoms. The number of nitrogens with one attached hydrogen (secondary N) is 1. The lowest BCUT2D eigenvalue weighted by molar-refractivity contribution is 0.0499. The van der Waals surface area contributed by atoms with Crippen LogP contribution >= 0.6 is 0 Å². The van der Waals surface area contributed by atoms with Crippen LogP contribution < -0.4 is 5.32 Å². The summed E-state index contributed by atoms with van der Waals surface area (Å²) < 4.78 is 9.17. The summed E-state index contributed by atoms with van der Waals surface area (Å²) in [4.78, 5) is 17.0. The molecule has 1 unspecified atom stereocenters. The van der Waals surface area contributed by atoms with E-state index in [1.165, 1.54) is 0 Å². The van der Waals surface area contributed by atoms with Crippen molar-refractivity contribution in [1.82, 2.24) is 24.6 Å². The Balaban J connectivity index is 1.80. The summed E-state index contributed by atoms with van der Waals surface area (Å²) in [5.41, 5.74) is 0.582. The molecule has 0 aromatic carbocycles. The molecule has 0 bridgehead atoms. The summed E-state index contributed by atoms with van der Waals surface area (Å²) in [6, 6.07) is -0.114. The van der Waals surface area contributed by atoms with E-state index in [1.807, 2.05) is 24.7 Å². The Bertz CT molecular complexity index is 657. The number of ether oxygens (including phenoxy) is 1. The molecule has 3 heterocycles. The molecule has 0 aliphatic carbocycles. The molecule has 0 saturated carbocycles. The lowest BCUT2D eigenvalue weighted by Crippen LogP contribution is -2.37. The van der Waals surface area contributed by atoms with Crippen molar-refractivity contribution in [3.05, 3.63) is 36.2 Å². The minimum Gasteiger partial charge on any atom is -0.381 e. The summed E-state index contributed by atoms with van der Waals surface area (Å²) >= 11 is 0. The quantitative estimate of drug-likeness (QED) is 0.907. The van der Waals surface area contributed by atoms with Crippen LogP contribution in [0.2, 0.25) is 0 Å². The van der Waals surface area contributed by atoms with Crippen LogP contribution in [-0.2, 0) is 18.3 Å². The normalized spacial score (nSPS) is 17.1. The molecule has 1 atom stereocenters. The van der Waals surface area contributed by atoms with Crippen LogP contribution in [0.1, 0.15) is 42.0 Å². The van der Waals surface area contributed by atoms with E-state index < -0.39 is 0 Å². The van der Waals surface area contributed by atoms with Crippen molar-refractivity contribution in [3.63, 3.8) is 0 Å². The van der Waals surface area contributed by atoms with Crippen LogP contribution in [0.3, 0.4) is 0 Å². The Hall–Kier alpha value is -2.15. The number of aryl methyl sites for hydroxylation is 2. The van der Waals surface area contributed by atoms with Gasteiger partial charge in [-0.1, -0.05) is 0 Å². The molecule has 1 aliphatic heterocycles. The van der Waals surface area contributed by atoms with Gasteiger partial charge in [-0.05, 0) is 25.7 Å². The first-order valence-electron chi connectivity index (χ1n) is 8.07. The van der Waals surface area contributed by atoms with E-state index in [0.29, 0.717) is 11.5 Å². The van der Waals surface area contributed by atoms with Gasteiger partial charge in [-0.25, -0.2) is 4.98 Å². The molecule has 1 saturated heterocycles. The lowest BCUT2D eigenvalue weighted by atomic mass is 9.91. The largest absolute Gasteiger partial charge is 0.381 e. The molecule has 3 rings (SSSR count). The van der Waals surface area contributed by atoms with E-state index in [0.717, 1.165) is 38.4 Å². The first-order chi connectivity index (χ1) is 11.2. The predicted octanol–water partition coefficient (Wildman–Crippen LogP) is 1.53. The van der Waals surface area contributed by atoms with E-state index in [2.05, 4.69) is 15.4 Å². The lowest BCUT2D eigenvalue weighted by Gasteiger charge is -2.30. The van der Waals surface area contributed by atoms with E-state index in [9.17, 15) is 4.79 Å². The number of amides is 1. The van der Waals surface area contributed by atoms with Gasteiger partial charge >= 0.3 is 0 Å². The number of aromatic nitrogens is 4. The number of hydrogen-bond acceptors (Lipinski definition) is 4. The molecule has 1 fully saturated rings. The second-order valence-electron chi connectivity index (χ2n) is 5.88. The van der Waals surface area contributed by atoms with Crippen molar-refractivity contribution in [2.75, 3.05) is 13.2 Å². The minimum atomic E-state index is -0.114. The van der Waals surface area contributed by atoms with Gasteiger partial charge in [0.05, 0.1) is 17.8 Å². The smallest absolute Gasteiger partial charge is 0.255 e. The van der Waals surface area contributed by atoms with E-state index in [-0.39, 0.29) is 11.9 Å². The van der Waals surface area contributed by atoms with Gasteiger partial charge in [-0.2, -0.15) is 5.10 Å². The summed E-state index contributed by atoms with van der Waals surface area (Å²) in [7, 11) is 1.95. The molecule has 7 heteroatoms.